The largest absolute Gasteiger partial charge is 0.396 e. The highest BCUT2D eigenvalue weighted by Gasteiger charge is 2.12. The fourth-order valence-electron chi connectivity index (χ4n) is 0.893. The number of hydrogen-bond donors (Lipinski definition) is 3. The normalized spacial score (nSPS) is 14.5. The molecule has 4 heteroatoms. The van der Waals surface area contributed by atoms with E-state index in [1.54, 1.807) is 6.08 Å². The Bertz CT molecular complexity index is 183. The van der Waals surface area contributed by atoms with Crippen molar-refractivity contribution in [2.24, 2.45) is 5.92 Å². The quantitative estimate of drug-likeness (QED) is 0.397. The van der Waals surface area contributed by atoms with Gasteiger partial charge in [-0.1, -0.05) is 13.0 Å². The Morgan fingerprint density at radius 2 is 2.21 bits per heavy atom. The number of amides is 1. The minimum Gasteiger partial charge on any atom is -0.396 e. The smallest absolute Gasteiger partial charge is 0.234 e. The lowest BCUT2D eigenvalue weighted by atomic mass is 10.1. The maximum atomic E-state index is 11.3. The van der Waals surface area contributed by atoms with Gasteiger partial charge in [-0.15, -0.1) is 6.58 Å². The predicted molar refractivity (Wildman–Crippen MR) is 56.9 cm³/mol. The first-order valence-electron chi connectivity index (χ1n) is 4.83. The van der Waals surface area contributed by atoms with E-state index < -0.39 is 0 Å². The van der Waals surface area contributed by atoms with Gasteiger partial charge < -0.3 is 15.7 Å². The Morgan fingerprint density at radius 3 is 2.71 bits per heavy atom. The molecule has 82 valence electrons. The minimum atomic E-state index is -0.0559. The SMILES string of the molecule is C=CCNCC(=O)NC(C)C(C)CO. The number of hydrogen-bond acceptors (Lipinski definition) is 3. The van der Waals surface area contributed by atoms with Gasteiger partial charge in [0.1, 0.15) is 0 Å². The third kappa shape index (κ3) is 5.72. The van der Waals surface area contributed by atoms with Gasteiger partial charge in [0.15, 0.2) is 0 Å². The summed E-state index contributed by atoms with van der Waals surface area (Å²) >= 11 is 0. The Balaban J connectivity index is 3.65. The Morgan fingerprint density at radius 1 is 1.57 bits per heavy atom. The molecule has 0 aromatic carbocycles. The van der Waals surface area contributed by atoms with E-state index >= 15 is 0 Å². The molecule has 0 rings (SSSR count). The first-order valence-corrected chi connectivity index (χ1v) is 4.83. The van der Waals surface area contributed by atoms with E-state index in [-0.39, 0.29) is 31.0 Å². The molecule has 0 bridgehead atoms. The van der Waals surface area contributed by atoms with Gasteiger partial charge in [-0.2, -0.15) is 0 Å². The molecule has 3 N–H and O–H groups in total. The molecule has 0 aliphatic rings. The van der Waals surface area contributed by atoms with Crippen LogP contribution in [-0.2, 0) is 4.79 Å². The van der Waals surface area contributed by atoms with Gasteiger partial charge in [0, 0.05) is 19.2 Å². The second-order valence-corrected chi connectivity index (χ2v) is 3.44. The zero-order valence-corrected chi connectivity index (χ0v) is 8.92. The first kappa shape index (κ1) is 13.1. The molecule has 0 saturated carbocycles. The molecule has 0 spiro atoms. The standard InChI is InChI=1S/C10H20N2O2/c1-4-5-11-6-10(14)12-9(3)8(2)7-13/h4,8-9,11,13H,1,5-7H2,2-3H3,(H,12,14). The molecule has 4 nitrogen and oxygen atoms in total. The summed E-state index contributed by atoms with van der Waals surface area (Å²) in [4.78, 5) is 11.3. The Labute approximate surface area is 85.4 Å². The predicted octanol–water partition coefficient (Wildman–Crippen LogP) is -0.105. The molecule has 0 radical (unpaired) electrons. The molecule has 14 heavy (non-hydrogen) atoms. The van der Waals surface area contributed by atoms with Crippen molar-refractivity contribution in [3.63, 3.8) is 0 Å². The summed E-state index contributed by atoms with van der Waals surface area (Å²) in [6, 6.07) is -0.00182. The van der Waals surface area contributed by atoms with Crippen molar-refractivity contribution in [1.29, 1.82) is 0 Å². The summed E-state index contributed by atoms with van der Waals surface area (Å²) in [6.07, 6.45) is 1.70. The first-order chi connectivity index (χ1) is 6.61. The highest BCUT2D eigenvalue weighted by Crippen LogP contribution is 1.99. The number of carbonyl (C=O) groups is 1. The molecule has 0 fully saturated rings. The summed E-state index contributed by atoms with van der Waals surface area (Å²) in [7, 11) is 0. The monoisotopic (exact) mass is 200 g/mol. The van der Waals surface area contributed by atoms with Gasteiger partial charge in [0.25, 0.3) is 0 Å². The van der Waals surface area contributed by atoms with Crippen molar-refractivity contribution in [3.05, 3.63) is 12.7 Å². The maximum absolute atomic E-state index is 11.3. The summed E-state index contributed by atoms with van der Waals surface area (Å²) in [5.74, 6) is 0.0259. The van der Waals surface area contributed by atoms with Crippen LogP contribution in [0.1, 0.15) is 13.8 Å². The number of aliphatic hydroxyl groups is 1. The van der Waals surface area contributed by atoms with Crippen molar-refractivity contribution in [2.45, 2.75) is 19.9 Å². The van der Waals surface area contributed by atoms with Gasteiger partial charge in [-0.25, -0.2) is 0 Å². The molecule has 0 saturated heterocycles. The number of nitrogens with one attached hydrogen (secondary N) is 2. The second kappa shape index (κ2) is 7.53. The van der Waals surface area contributed by atoms with Crippen LogP contribution >= 0.6 is 0 Å². The summed E-state index contributed by atoms with van der Waals surface area (Å²) in [5.41, 5.74) is 0. The highest BCUT2D eigenvalue weighted by molar-refractivity contribution is 5.78. The number of aliphatic hydroxyl groups excluding tert-OH is 1. The lowest BCUT2D eigenvalue weighted by molar-refractivity contribution is -0.121. The maximum Gasteiger partial charge on any atom is 0.234 e. The van der Waals surface area contributed by atoms with Crippen LogP contribution in [0.2, 0.25) is 0 Å². The van der Waals surface area contributed by atoms with E-state index in [1.165, 1.54) is 0 Å². The van der Waals surface area contributed by atoms with E-state index in [9.17, 15) is 4.79 Å². The van der Waals surface area contributed by atoms with Gasteiger partial charge in [-0.3, -0.25) is 4.79 Å². The van der Waals surface area contributed by atoms with Crippen molar-refractivity contribution in [3.8, 4) is 0 Å². The molecule has 2 unspecified atom stereocenters. The van der Waals surface area contributed by atoms with Crippen molar-refractivity contribution in [1.82, 2.24) is 10.6 Å². The van der Waals surface area contributed by atoms with Gasteiger partial charge >= 0.3 is 0 Å². The molecule has 2 atom stereocenters. The van der Waals surface area contributed by atoms with Crippen LogP contribution in [0.15, 0.2) is 12.7 Å². The fourth-order valence-corrected chi connectivity index (χ4v) is 0.893. The van der Waals surface area contributed by atoms with Crippen molar-refractivity contribution >= 4 is 5.91 Å². The summed E-state index contributed by atoms with van der Waals surface area (Å²) in [6.45, 7) is 8.30. The van der Waals surface area contributed by atoms with E-state index in [1.807, 2.05) is 13.8 Å². The third-order valence-electron chi connectivity index (χ3n) is 2.10. The van der Waals surface area contributed by atoms with Crippen LogP contribution in [0.3, 0.4) is 0 Å². The zero-order chi connectivity index (χ0) is 11.0. The lowest BCUT2D eigenvalue weighted by Gasteiger charge is -2.19. The van der Waals surface area contributed by atoms with Gasteiger partial charge in [0.2, 0.25) is 5.91 Å². The summed E-state index contributed by atoms with van der Waals surface area (Å²) in [5, 5.41) is 14.6. The van der Waals surface area contributed by atoms with Crippen LogP contribution in [0.25, 0.3) is 0 Å². The van der Waals surface area contributed by atoms with E-state index in [2.05, 4.69) is 17.2 Å². The number of carbonyl (C=O) groups excluding carboxylic acids is 1. The zero-order valence-electron chi connectivity index (χ0n) is 8.92. The van der Waals surface area contributed by atoms with Crippen LogP contribution in [0.4, 0.5) is 0 Å². The van der Waals surface area contributed by atoms with Crippen LogP contribution < -0.4 is 10.6 Å². The fraction of sp³-hybridized carbons (Fsp3) is 0.700. The van der Waals surface area contributed by atoms with E-state index in [0.717, 1.165) is 0 Å². The second-order valence-electron chi connectivity index (χ2n) is 3.44. The minimum absolute atomic E-state index is 0.00182. The molecule has 0 heterocycles. The van der Waals surface area contributed by atoms with Crippen LogP contribution in [0, 0.1) is 5.92 Å². The summed E-state index contributed by atoms with van der Waals surface area (Å²) < 4.78 is 0. The molecule has 0 aromatic heterocycles. The van der Waals surface area contributed by atoms with Crippen molar-refractivity contribution in [2.75, 3.05) is 19.7 Å². The van der Waals surface area contributed by atoms with E-state index in [4.69, 9.17) is 5.11 Å². The van der Waals surface area contributed by atoms with Gasteiger partial charge in [-0.05, 0) is 12.8 Å². The Kier molecular flexibility index (Phi) is 7.06. The van der Waals surface area contributed by atoms with Gasteiger partial charge in [0.05, 0.1) is 6.54 Å². The molecule has 0 aliphatic heterocycles. The average Bonchev–Trinajstić information content (AvgIpc) is 2.16. The van der Waals surface area contributed by atoms with Crippen LogP contribution in [0.5, 0.6) is 0 Å². The lowest BCUT2D eigenvalue weighted by Crippen LogP contribution is -2.42. The molecular formula is C10H20N2O2. The molecule has 0 aromatic rings. The molecular weight excluding hydrogens is 180 g/mol. The molecule has 1 amide bonds. The molecule has 0 aliphatic carbocycles. The number of rotatable bonds is 7. The van der Waals surface area contributed by atoms with Crippen molar-refractivity contribution < 1.29 is 9.90 Å². The van der Waals surface area contributed by atoms with Crippen LogP contribution in [-0.4, -0.2) is 36.8 Å². The third-order valence-corrected chi connectivity index (χ3v) is 2.10. The topological polar surface area (TPSA) is 61.4 Å². The Hall–Kier alpha value is -0.870. The van der Waals surface area contributed by atoms with E-state index in [0.29, 0.717) is 6.54 Å². The average molecular weight is 200 g/mol. The highest BCUT2D eigenvalue weighted by atomic mass is 16.3.